The van der Waals surface area contributed by atoms with Crippen LogP contribution >= 0.6 is 11.6 Å². The van der Waals surface area contributed by atoms with E-state index in [4.69, 9.17) is 21.1 Å². The van der Waals surface area contributed by atoms with E-state index in [0.29, 0.717) is 30.5 Å². The molecule has 0 aliphatic carbocycles. The fraction of sp³-hybridized carbons (Fsp3) is 0.474. The number of carbonyl (C=O) groups excluding carboxylic acids is 1. The number of ether oxygens (including phenoxy) is 2. The zero-order chi connectivity index (χ0) is 19.4. The van der Waals surface area contributed by atoms with Crippen LogP contribution < -0.4 is 15.4 Å². The van der Waals surface area contributed by atoms with Crippen molar-refractivity contribution in [3.63, 3.8) is 0 Å². The molecule has 1 aromatic carbocycles. The topological polar surface area (TPSA) is 77.4 Å². The molecule has 2 heterocycles. The molecule has 1 aliphatic heterocycles. The summed E-state index contributed by atoms with van der Waals surface area (Å²) in [7, 11) is 1.88. The van der Waals surface area contributed by atoms with Crippen molar-refractivity contribution in [2.45, 2.75) is 39.0 Å². The molecule has 7 nitrogen and oxygen atoms in total. The normalized spacial score (nSPS) is 19.1. The average molecular weight is 393 g/mol. The van der Waals surface area contributed by atoms with Crippen molar-refractivity contribution < 1.29 is 14.3 Å². The Morgan fingerprint density at radius 2 is 2.30 bits per heavy atom. The summed E-state index contributed by atoms with van der Waals surface area (Å²) in [5.74, 6) is 0.679. The van der Waals surface area contributed by atoms with Crippen LogP contribution in [0.1, 0.15) is 36.3 Å². The van der Waals surface area contributed by atoms with E-state index in [1.165, 1.54) is 0 Å². The van der Waals surface area contributed by atoms with Gasteiger partial charge in [-0.2, -0.15) is 5.10 Å². The first kappa shape index (κ1) is 19.5. The zero-order valence-corrected chi connectivity index (χ0v) is 16.5. The number of rotatable bonds is 6. The van der Waals surface area contributed by atoms with Gasteiger partial charge in [-0.05, 0) is 32.4 Å². The molecule has 0 radical (unpaired) electrons. The third kappa shape index (κ3) is 4.73. The molecule has 1 fully saturated rings. The van der Waals surface area contributed by atoms with Gasteiger partial charge in [0.15, 0.2) is 0 Å². The Balaban J connectivity index is 1.60. The summed E-state index contributed by atoms with van der Waals surface area (Å²) in [4.78, 5) is 12.4. The van der Waals surface area contributed by atoms with Crippen molar-refractivity contribution in [1.29, 1.82) is 0 Å². The van der Waals surface area contributed by atoms with Crippen LogP contribution in [-0.2, 0) is 18.3 Å². The second kappa shape index (κ2) is 8.63. The number of hydrogen-bond acceptors (Lipinski definition) is 4. The lowest BCUT2D eigenvalue weighted by molar-refractivity contribution is 0.0994. The predicted molar refractivity (Wildman–Crippen MR) is 103 cm³/mol. The molecule has 1 saturated heterocycles. The highest BCUT2D eigenvalue weighted by molar-refractivity contribution is 6.30. The van der Waals surface area contributed by atoms with Gasteiger partial charge >= 0.3 is 6.03 Å². The highest BCUT2D eigenvalue weighted by Gasteiger charge is 2.33. The molecule has 27 heavy (non-hydrogen) atoms. The van der Waals surface area contributed by atoms with E-state index < -0.39 is 0 Å². The molecule has 0 unspecified atom stereocenters. The molecule has 3 rings (SSSR count). The maximum Gasteiger partial charge on any atom is 0.315 e. The number of aryl methyl sites for hydroxylation is 2. The summed E-state index contributed by atoms with van der Waals surface area (Å²) in [5.41, 5.74) is 2.80. The summed E-state index contributed by atoms with van der Waals surface area (Å²) < 4.78 is 13.2. The smallest absolute Gasteiger partial charge is 0.315 e. The van der Waals surface area contributed by atoms with Crippen LogP contribution in [0.4, 0.5) is 4.79 Å². The van der Waals surface area contributed by atoms with Gasteiger partial charge in [0.1, 0.15) is 11.9 Å². The Morgan fingerprint density at radius 3 is 3.00 bits per heavy atom. The second-order valence-corrected chi connectivity index (χ2v) is 6.98. The van der Waals surface area contributed by atoms with Gasteiger partial charge in [0, 0.05) is 42.5 Å². The van der Waals surface area contributed by atoms with Gasteiger partial charge in [-0.25, -0.2) is 4.79 Å². The molecule has 2 aromatic rings. The van der Waals surface area contributed by atoms with Gasteiger partial charge in [0.25, 0.3) is 0 Å². The Hall–Kier alpha value is -2.25. The molecular weight excluding hydrogens is 368 g/mol. The predicted octanol–water partition coefficient (Wildman–Crippen LogP) is 3.11. The number of urea groups is 1. The Labute approximate surface area is 164 Å². The molecule has 1 aliphatic rings. The van der Waals surface area contributed by atoms with E-state index in [0.717, 1.165) is 23.2 Å². The minimum absolute atomic E-state index is 0.0931. The number of benzene rings is 1. The van der Waals surface area contributed by atoms with E-state index in [9.17, 15) is 4.79 Å². The summed E-state index contributed by atoms with van der Waals surface area (Å²) in [6, 6.07) is 5.06. The molecule has 0 spiro atoms. The number of aromatic nitrogens is 2. The molecule has 2 atom stereocenters. The maximum absolute atomic E-state index is 12.4. The number of hydrogen-bond donors (Lipinski definition) is 2. The second-order valence-electron chi connectivity index (χ2n) is 6.54. The maximum atomic E-state index is 12.4. The van der Waals surface area contributed by atoms with E-state index in [-0.39, 0.29) is 18.2 Å². The first-order chi connectivity index (χ1) is 13.0. The quantitative estimate of drug-likeness (QED) is 0.791. The summed E-state index contributed by atoms with van der Waals surface area (Å²) >= 11 is 6.02. The minimum Gasteiger partial charge on any atom is -0.493 e. The fourth-order valence-electron chi connectivity index (χ4n) is 3.30. The highest BCUT2D eigenvalue weighted by atomic mass is 35.5. The van der Waals surface area contributed by atoms with Gasteiger partial charge in [-0.15, -0.1) is 0 Å². The van der Waals surface area contributed by atoms with Crippen molar-refractivity contribution in [2.75, 3.05) is 13.2 Å². The van der Waals surface area contributed by atoms with Crippen molar-refractivity contribution >= 4 is 17.6 Å². The Kier molecular flexibility index (Phi) is 6.23. The average Bonchev–Trinajstić information content (AvgIpc) is 3.20. The summed E-state index contributed by atoms with van der Waals surface area (Å²) in [6.07, 6.45) is 2.52. The van der Waals surface area contributed by atoms with Crippen molar-refractivity contribution in [2.24, 2.45) is 7.05 Å². The third-order valence-electron chi connectivity index (χ3n) is 4.53. The Morgan fingerprint density at radius 1 is 1.48 bits per heavy atom. The van der Waals surface area contributed by atoms with Gasteiger partial charge in [-0.1, -0.05) is 17.7 Å². The molecule has 0 saturated carbocycles. The summed E-state index contributed by atoms with van der Waals surface area (Å²) in [5, 5.41) is 10.9. The molecule has 1 aromatic heterocycles. The van der Waals surface area contributed by atoms with E-state index in [1.54, 1.807) is 16.8 Å². The van der Waals surface area contributed by atoms with Gasteiger partial charge in [0.05, 0.1) is 18.3 Å². The largest absolute Gasteiger partial charge is 0.493 e. The number of carbonyl (C=O) groups is 1. The lowest BCUT2D eigenvalue weighted by atomic mass is 10.0. The van der Waals surface area contributed by atoms with Crippen LogP contribution in [0.15, 0.2) is 24.4 Å². The van der Waals surface area contributed by atoms with Gasteiger partial charge in [0.2, 0.25) is 0 Å². The lowest BCUT2D eigenvalue weighted by Gasteiger charge is -2.20. The van der Waals surface area contributed by atoms with Crippen molar-refractivity contribution in [3.8, 4) is 5.75 Å². The molecule has 0 bridgehead atoms. The highest BCUT2D eigenvalue weighted by Crippen LogP contribution is 2.30. The molecule has 2 N–H and O–H groups in total. The molecule has 146 valence electrons. The first-order valence-corrected chi connectivity index (χ1v) is 9.43. The number of nitrogens with zero attached hydrogens (tertiary/aromatic N) is 2. The monoisotopic (exact) mass is 392 g/mol. The first-order valence-electron chi connectivity index (χ1n) is 9.05. The summed E-state index contributed by atoms with van der Waals surface area (Å²) in [6.45, 7) is 5.35. The van der Waals surface area contributed by atoms with E-state index >= 15 is 0 Å². The van der Waals surface area contributed by atoms with E-state index in [1.807, 2.05) is 33.2 Å². The SMILES string of the molecule is CCOc1cc(Cl)ccc1CNC(=O)N[C@@H]1CCO[C@H]1c1cn(C)nc1C. The number of amides is 2. The Bertz CT molecular complexity index is 808. The molecule has 2 amide bonds. The van der Waals surface area contributed by atoms with Crippen LogP contribution in [0.5, 0.6) is 5.75 Å². The van der Waals surface area contributed by atoms with Crippen LogP contribution in [0.3, 0.4) is 0 Å². The minimum atomic E-state index is -0.241. The molecular formula is C19H25ClN4O3. The zero-order valence-electron chi connectivity index (χ0n) is 15.8. The van der Waals surface area contributed by atoms with Crippen molar-refractivity contribution in [1.82, 2.24) is 20.4 Å². The third-order valence-corrected chi connectivity index (χ3v) is 4.77. The van der Waals surface area contributed by atoms with Crippen LogP contribution in [0.2, 0.25) is 5.02 Å². The number of nitrogens with one attached hydrogen (secondary N) is 2. The fourth-order valence-corrected chi connectivity index (χ4v) is 3.46. The van der Waals surface area contributed by atoms with Gasteiger partial charge < -0.3 is 20.1 Å². The van der Waals surface area contributed by atoms with Gasteiger partial charge in [-0.3, -0.25) is 4.68 Å². The van der Waals surface area contributed by atoms with Crippen LogP contribution in [0, 0.1) is 6.92 Å². The standard InChI is InChI=1S/C19H25ClN4O3/c1-4-26-17-9-14(20)6-5-13(17)10-21-19(25)22-16-7-8-27-18(16)15-11-24(3)23-12(15)2/h5-6,9,11,16,18H,4,7-8,10H2,1-3H3,(H2,21,22,25)/t16-,18+/m1/s1. The van der Waals surface area contributed by atoms with Crippen molar-refractivity contribution in [3.05, 3.63) is 46.2 Å². The number of halogens is 1. The van der Waals surface area contributed by atoms with Crippen LogP contribution in [0.25, 0.3) is 0 Å². The van der Waals surface area contributed by atoms with Crippen LogP contribution in [-0.4, -0.2) is 35.1 Å². The lowest BCUT2D eigenvalue weighted by Crippen LogP contribution is -2.43. The molecule has 8 heteroatoms. The van der Waals surface area contributed by atoms with E-state index in [2.05, 4.69) is 15.7 Å².